The lowest BCUT2D eigenvalue weighted by atomic mass is 10.1. The molecule has 2 heterocycles. The van der Waals surface area contributed by atoms with Gasteiger partial charge in [-0.25, -0.2) is 8.42 Å². The molecule has 1 amide bonds. The van der Waals surface area contributed by atoms with Gasteiger partial charge in [-0.15, -0.1) is 10.2 Å². The molecule has 1 N–H and O–H groups in total. The molecule has 1 aromatic rings. The molecule has 0 spiro atoms. The number of hydrogen-bond acceptors (Lipinski definition) is 6. The zero-order chi connectivity index (χ0) is 17.2. The largest absolute Gasteiger partial charge is 0.353 e. The molecule has 0 aromatic carbocycles. The van der Waals surface area contributed by atoms with Crippen molar-refractivity contribution in [2.24, 2.45) is 13.0 Å². The van der Waals surface area contributed by atoms with E-state index in [1.54, 1.807) is 0 Å². The van der Waals surface area contributed by atoms with Crippen LogP contribution in [0.1, 0.15) is 37.9 Å². The lowest BCUT2D eigenvalue weighted by Gasteiger charge is -2.11. The van der Waals surface area contributed by atoms with Gasteiger partial charge in [-0.05, 0) is 25.2 Å². The van der Waals surface area contributed by atoms with Crippen molar-refractivity contribution < 1.29 is 13.2 Å². The predicted molar refractivity (Wildman–Crippen MR) is 92.6 cm³/mol. The molecule has 24 heavy (non-hydrogen) atoms. The Morgan fingerprint density at radius 2 is 2.04 bits per heavy atom. The molecule has 0 radical (unpaired) electrons. The maximum absolute atomic E-state index is 12.0. The third-order valence-electron chi connectivity index (χ3n) is 4.78. The normalized spacial score (nSPS) is 23.6. The van der Waals surface area contributed by atoms with E-state index in [4.69, 9.17) is 0 Å². The Labute approximate surface area is 146 Å². The second-order valence-electron chi connectivity index (χ2n) is 6.77. The standard InChI is InChI=1S/C15H24N4O3S2/c1-19-13(8-11-6-7-24(21,22)10-11)17-18-15(19)23-9-14(20)16-12-4-2-3-5-12/h11-12H,2-10H2,1H3,(H,16,20)/t11-/m0/s1. The topological polar surface area (TPSA) is 93.9 Å². The highest BCUT2D eigenvalue weighted by Crippen LogP contribution is 2.24. The molecule has 2 aliphatic rings. The smallest absolute Gasteiger partial charge is 0.230 e. The first-order valence-corrected chi connectivity index (χ1v) is 11.2. The van der Waals surface area contributed by atoms with E-state index in [1.165, 1.54) is 24.6 Å². The maximum atomic E-state index is 12.0. The Hall–Kier alpha value is -1.09. The van der Waals surface area contributed by atoms with Gasteiger partial charge in [0.25, 0.3) is 0 Å². The van der Waals surface area contributed by atoms with E-state index in [9.17, 15) is 13.2 Å². The highest BCUT2D eigenvalue weighted by molar-refractivity contribution is 7.99. The van der Waals surface area contributed by atoms with Crippen LogP contribution in [-0.2, 0) is 28.1 Å². The summed E-state index contributed by atoms with van der Waals surface area (Å²) >= 11 is 1.38. The number of rotatable bonds is 6. The summed E-state index contributed by atoms with van der Waals surface area (Å²) in [5, 5.41) is 12.1. The molecule has 0 bridgehead atoms. The fourth-order valence-corrected chi connectivity index (χ4v) is 6.01. The summed E-state index contributed by atoms with van der Waals surface area (Å²) in [6.07, 6.45) is 5.87. The van der Waals surface area contributed by atoms with Gasteiger partial charge in [-0.3, -0.25) is 4.79 Å². The Balaban J connectivity index is 1.50. The van der Waals surface area contributed by atoms with Crippen LogP contribution in [0, 0.1) is 5.92 Å². The Bertz CT molecular complexity index is 696. The molecule has 2 fully saturated rings. The van der Waals surface area contributed by atoms with Gasteiger partial charge in [0.1, 0.15) is 5.82 Å². The van der Waals surface area contributed by atoms with E-state index in [2.05, 4.69) is 15.5 Å². The molecular weight excluding hydrogens is 348 g/mol. The minimum atomic E-state index is -2.87. The van der Waals surface area contributed by atoms with Crippen molar-refractivity contribution in [2.45, 2.75) is 49.7 Å². The predicted octanol–water partition coefficient (Wildman–Crippen LogP) is 0.943. The van der Waals surface area contributed by atoms with Crippen LogP contribution >= 0.6 is 11.8 Å². The average molecular weight is 373 g/mol. The van der Waals surface area contributed by atoms with Crippen LogP contribution in [0.25, 0.3) is 0 Å². The number of nitrogens with one attached hydrogen (secondary N) is 1. The minimum Gasteiger partial charge on any atom is -0.353 e. The Morgan fingerprint density at radius 1 is 1.29 bits per heavy atom. The van der Waals surface area contributed by atoms with Crippen molar-refractivity contribution >= 4 is 27.5 Å². The molecule has 9 heteroatoms. The number of aromatic nitrogens is 3. The van der Waals surface area contributed by atoms with Gasteiger partial charge in [-0.2, -0.15) is 0 Å². The molecule has 1 saturated carbocycles. The summed E-state index contributed by atoms with van der Waals surface area (Å²) in [7, 11) is -0.999. The summed E-state index contributed by atoms with van der Waals surface area (Å²) in [6.45, 7) is 0. The first-order chi connectivity index (χ1) is 11.4. The number of hydrogen-bond donors (Lipinski definition) is 1. The average Bonchev–Trinajstić information content (AvgIpc) is 3.21. The second kappa shape index (κ2) is 7.43. The SMILES string of the molecule is Cn1c(C[C@@H]2CCS(=O)(=O)C2)nnc1SCC(=O)NC1CCCC1. The van der Waals surface area contributed by atoms with E-state index in [-0.39, 0.29) is 23.3 Å². The summed E-state index contributed by atoms with van der Waals surface area (Å²) < 4.78 is 25.0. The lowest BCUT2D eigenvalue weighted by molar-refractivity contribution is -0.119. The van der Waals surface area contributed by atoms with E-state index in [0.717, 1.165) is 18.7 Å². The van der Waals surface area contributed by atoms with Crippen LogP contribution < -0.4 is 5.32 Å². The van der Waals surface area contributed by atoms with Crippen LogP contribution in [0.2, 0.25) is 0 Å². The second-order valence-corrected chi connectivity index (χ2v) is 9.94. The molecule has 1 aromatic heterocycles. The van der Waals surface area contributed by atoms with Crippen LogP contribution in [0.5, 0.6) is 0 Å². The van der Waals surface area contributed by atoms with E-state index < -0.39 is 9.84 Å². The highest BCUT2D eigenvalue weighted by Gasteiger charge is 2.29. The quantitative estimate of drug-likeness (QED) is 0.747. The third kappa shape index (κ3) is 4.50. The Morgan fingerprint density at radius 3 is 2.71 bits per heavy atom. The lowest BCUT2D eigenvalue weighted by Crippen LogP contribution is -2.33. The Kier molecular flexibility index (Phi) is 5.49. The molecule has 1 atom stereocenters. The summed E-state index contributed by atoms with van der Waals surface area (Å²) in [5.74, 6) is 1.81. The number of carbonyl (C=O) groups excluding carboxylic acids is 1. The molecule has 1 aliphatic carbocycles. The van der Waals surface area contributed by atoms with Gasteiger partial charge in [0.05, 0.1) is 17.3 Å². The van der Waals surface area contributed by atoms with Crippen molar-refractivity contribution in [3.8, 4) is 0 Å². The van der Waals surface area contributed by atoms with Crippen molar-refractivity contribution in [2.75, 3.05) is 17.3 Å². The molecule has 3 rings (SSSR count). The summed E-state index contributed by atoms with van der Waals surface area (Å²) in [4.78, 5) is 12.0. The van der Waals surface area contributed by atoms with Gasteiger partial charge in [0.2, 0.25) is 5.91 Å². The fraction of sp³-hybridized carbons (Fsp3) is 0.800. The summed E-state index contributed by atoms with van der Waals surface area (Å²) in [6, 6.07) is 0.331. The number of sulfone groups is 1. The number of nitrogens with zero attached hydrogens (tertiary/aromatic N) is 3. The van der Waals surface area contributed by atoms with Crippen molar-refractivity contribution in [3.05, 3.63) is 5.82 Å². The van der Waals surface area contributed by atoms with E-state index >= 15 is 0 Å². The first kappa shape index (κ1) is 17.7. The van der Waals surface area contributed by atoms with Crippen molar-refractivity contribution in [1.82, 2.24) is 20.1 Å². The van der Waals surface area contributed by atoms with Crippen molar-refractivity contribution in [3.63, 3.8) is 0 Å². The van der Waals surface area contributed by atoms with Gasteiger partial charge < -0.3 is 9.88 Å². The molecule has 0 unspecified atom stereocenters. The van der Waals surface area contributed by atoms with Crippen molar-refractivity contribution in [1.29, 1.82) is 0 Å². The van der Waals surface area contributed by atoms with Gasteiger partial charge in [0, 0.05) is 19.5 Å². The zero-order valence-electron chi connectivity index (χ0n) is 13.9. The minimum absolute atomic E-state index is 0.0401. The van der Waals surface area contributed by atoms with E-state index in [1.807, 2.05) is 11.6 Å². The van der Waals surface area contributed by atoms with Gasteiger partial charge >= 0.3 is 0 Å². The molecule has 134 valence electrons. The highest BCUT2D eigenvalue weighted by atomic mass is 32.2. The monoisotopic (exact) mass is 372 g/mol. The third-order valence-corrected chi connectivity index (χ3v) is 7.63. The van der Waals surface area contributed by atoms with Gasteiger partial charge in [0.15, 0.2) is 15.0 Å². The van der Waals surface area contributed by atoms with Crippen LogP contribution in [0.15, 0.2) is 5.16 Å². The van der Waals surface area contributed by atoms with E-state index in [0.29, 0.717) is 29.8 Å². The number of amides is 1. The van der Waals surface area contributed by atoms with Crippen LogP contribution in [0.3, 0.4) is 0 Å². The summed E-state index contributed by atoms with van der Waals surface area (Å²) in [5.41, 5.74) is 0. The molecule has 7 nitrogen and oxygen atoms in total. The van der Waals surface area contributed by atoms with Crippen LogP contribution in [0.4, 0.5) is 0 Å². The first-order valence-electron chi connectivity index (χ1n) is 8.44. The van der Waals surface area contributed by atoms with Gasteiger partial charge in [-0.1, -0.05) is 24.6 Å². The molecular formula is C15H24N4O3S2. The zero-order valence-corrected chi connectivity index (χ0v) is 15.5. The molecule has 1 aliphatic heterocycles. The maximum Gasteiger partial charge on any atom is 0.230 e. The number of thioether (sulfide) groups is 1. The number of carbonyl (C=O) groups is 1. The molecule has 1 saturated heterocycles. The van der Waals surface area contributed by atoms with Crippen LogP contribution in [-0.4, -0.2) is 52.4 Å². The fourth-order valence-electron chi connectivity index (χ4n) is 3.41.